The molecule has 0 bridgehead atoms. The van der Waals surface area contributed by atoms with Crippen molar-refractivity contribution in [3.05, 3.63) is 82.9 Å². The van der Waals surface area contributed by atoms with Crippen molar-refractivity contribution in [2.45, 2.75) is 69.4 Å². The van der Waals surface area contributed by atoms with Gasteiger partial charge in [-0.3, -0.25) is 9.52 Å². The summed E-state index contributed by atoms with van der Waals surface area (Å²) in [5.74, 6) is -0.663. The van der Waals surface area contributed by atoms with E-state index in [0.717, 1.165) is 18.6 Å². The van der Waals surface area contributed by atoms with Crippen molar-refractivity contribution in [2.24, 2.45) is 5.92 Å². The van der Waals surface area contributed by atoms with Crippen LogP contribution in [0.3, 0.4) is 0 Å². The van der Waals surface area contributed by atoms with E-state index in [0.29, 0.717) is 24.5 Å². The van der Waals surface area contributed by atoms with E-state index in [1.54, 1.807) is 6.92 Å². The molecule has 16 heteroatoms. The van der Waals surface area contributed by atoms with Gasteiger partial charge in [-0.1, -0.05) is 18.5 Å². The number of benzene rings is 3. The van der Waals surface area contributed by atoms with Crippen molar-refractivity contribution in [3.63, 3.8) is 0 Å². The molecule has 0 saturated carbocycles. The van der Waals surface area contributed by atoms with Gasteiger partial charge >= 0.3 is 12.2 Å². The van der Waals surface area contributed by atoms with E-state index >= 15 is 0 Å². The number of rotatable bonds is 8. The van der Waals surface area contributed by atoms with Crippen LogP contribution in [0.2, 0.25) is 5.02 Å². The number of fused-ring (bicyclic) bond motifs is 1. The van der Waals surface area contributed by atoms with Crippen LogP contribution in [-0.4, -0.2) is 86.9 Å². The number of aliphatic hydroxyl groups excluding tert-OH is 1. The Balaban J connectivity index is 1.59. The number of nitrogens with zero attached hydrogens (tertiary/aromatic N) is 2. The van der Waals surface area contributed by atoms with Crippen molar-refractivity contribution >= 4 is 44.9 Å². The molecule has 4 atom stereocenters. The highest BCUT2D eigenvalue weighted by atomic mass is 35.5. The Hall–Kier alpha value is -4.05. The number of hydrogen-bond acceptors (Lipinski definition) is 7. The lowest BCUT2D eigenvalue weighted by Crippen LogP contribution is -2.48. The zero-order valence-corrected chi connectivity index (χ0v) is 30.9. The molecule has 4 rings (SSSR count). The molecule has 3 amide bonds. The number of amides is 3. The SMILES string of the molecule is C[C@@H]1CCCCO[C@H](CN(C)C(=O)Nc2ccc(C(F)(F)F)cc2)[C@@H](C)CN([C@@H](C)CO)C(=O)c2cc(NS(=O)(=O)c3ccc(Cl)cc3)ccc2O1. The summed E-state index contributed by atoms with van der Waals surface area (Å²) in [6.07, 6.45) is -3.39. The van der Waals surface area contributed by atoms with Gasteiger partial charge in [0.25, 0.3) is 15.9 Å². The molecule has 52 heavy (non-hydrogen) atoms. The largest absolute Gasteiger partial charge is 0.490 e. The number of alkyl halides is 3. The maximum absolute atomic E-state index is 14.4. The molecule has 0 spiro atoms. The smallest absolute Gasteiger partial charge is 0.416 e. The van der Waals surface area contributed by atoms with Crippen LogP contribution in [0.4, 0.5) is 29.3 Å². The zero-order valence-electron chi connectivity index (χ0n) is 29.3. The van der Waals surface area contributed by atoms with E-state index in [-0.39, 0.29) is 53.4 Å². The molecule has 3 aromatic carbocycles. The molecule has 11 nitrogen and oxygen atoms in total. The first kappa shape index (κ1) is 40.7. The first-order chi connectivity index (χ1) is 24.5. The molecule has 3 aromatic rings. The van der Waals surface area contributed by atoms with Crippen molar-refractivity contribution in [2.75, 3.05) is 43.4 Å². The monoisotopic (exact) mass is 768 g/mol. The van der Waals surface area contributed by atoms with Crippen molar-refractivity contribution < 1.29 is 45.8 Å². The average molecular weight is 769 g/mol. The van der Waals surface area contributed by atoms with Crippen LogP contribution in [-0.2, 0) is 20.9 Å². The first-order valence-corrected chi connectivity index (χ1v) is 18.7. The Morgan fingerprint density at radius 2 is 1.71 bits per heavy atom. The van der Waals surface area contributed by atoms with Gasteiger partial charge in [0.05, 0.1) is 40.9 Å². The quantitative estimate of drug-likeness (QED) is 0.222. The number of ether oxygens (including phenoxy) is 2. The maximum atomic E-state index is 14.4. The molecule has 1 aliphatic heterocycles. The molecule has 0 radical (unpaired) electrons. The second kappa shape index (κ2) is 17.6. The van der Waals surface area contributed by atoms with Crippen molar-refractivity contribution in [1.82, 2.24) is 9.80 Å². The summed E-state index contributed by atoms with van der Waals surface area (Å²) >= 11 is 5.93. The number of carbonyl (C=O) groups is 2. The fourth-order valence-corrected chi connectivity index (χ4v) is 6.77. The normalized spacial score (nSPS) is 19.8. The molecular weight excluding hydrogens is 725 g/mol. The van der Waals surface area contributed by atoms with Crippen LogP contribution in [0.5, 0.6) is 5.75 Å². The highest BCUT2D eigenvalue weighted by Crippen LogP contribution is 2.31. The molecule has 0 saturated heterocycles. The number of anilines is 2. The lowest BCUT2D eigenvalue weighted by Gasteiger charge is -2.35. The fourth-order valence-electron chi connectivity index (χ4n) is 5.59. The summed E-state index contributed by atoms with van der Waals surface area (Å²) in [6.45, 7) is 5.51. The molecule has 1 heterocycles. The van der Waals surface area contributed by atoms with E-state index in [9.17, 15) is 36.3 Å². The van der Waals surface area contributed by atoms with Gasteiger partial charge in [0.1, 0.15) is 5.75 Å². The van der Waals surface area contributed by atoms with Crippen LogP contribution in [0.15, 0.2) is 71.6 Å². The van der Waals surface area contributed by atoms with Crippen LogP contribution in [0.1, 0.15) is 56.0 Å². The number of sulfonamides is 1. The molecule has 0 aromatic heterocycles. The van der Waals surface area contributed by atoms with Gasteiger partial charge < -0.3 is 29.7 Å². The Labute approximate surface area is 307 Å². The Morgan fingerprint density at radius 1 is 1.06 bits per heavy atom. The Bertz CT molecular complexity index is 1780. The summed E-state index contributed by atoms with van der Waals surface area (Å²) in [5, 5.41) is 13.2. The van der Waals surface area contributed by atoms with Crippen molar-refractivity contribution in [3.8, 4) is 5.75 Å². The fraction of sp³-hybridized carbons (Fsp3) is 0.444. The van der Waals surface area contributed by atoms with E-state index in [1.165, 1.54) is 71.4 Å². The van der Waals surface area contributed by atoms with Gasteiger partial charge in [0.15, 0.2) is 0 Å². The Morgan fingerprint density at radius 3 is 2.35 bits per heavy atom. The highest BCUT2D eigenvalue weighted by molar-refractivity contribution is 7.92. The van der Waals surface area contributed by atoms with Crippen LogP contribution >= 0.6 is 11.6 Å². The minimum absolute atomic E-state index is 0.0263. The molecule has 0 fully saturated rings. The number of carbonyl (C=O) groups excluding carboxylic acids is 2. The molecule has 0 aliphatic carbocycles. The zero-order chi connectivity index (χ0) is 38.2. The third-order valence-corrected chi connectivity index (χ3v) is 10.3. The van der Waals surface area contributed by atoms with Crippen LogP contribution < -0.4 is 14.8 Å². The maximum Gasteiger partial charge on any atom is 0.416 e. The number of nitrogens with one attached hydrogen (secondary N) is 2. The van der Waals surface area contributed by atoms with E-state index in [1.807, 2.05) is 13.8 Å². The van der Waals surface area contributed by atoms with Crippen molar-refractivity contribution in [1.29, 1.82) is 0 Å². The summed E-state index contributed by atoms with van der Waals surface area (Å²) in [7, 11) is -2.51. The lowest BCUT2D eigenvalue weighted by atomic mass is 10.0. The molecular formula is C36H44ClF3N4O7S. The molecule has 3 N–H and O–H groups in total. The van der Waals surface area contributed by atoms with Gasteiger partial charge in [0.2, 0.25) is 0 Å². The van der Waals surface area contributed by atoms with E-state index in [4.69, 9.17) is 21.1 Å². The van der Waals surface area contributed by atoms with E-state index in [2.05, 4.69) is 10.0 Å². The molecule has 284 valence electrons. The van der Waals surface area contributed by atoms with Gasteiger partial charge in [-0.15, -0.1) is 0 Å². The lowest BCUT2D eigenvalue weighted by molar-refractivity contribution is -0.137. The van der Waals surface area contributed by atoms with E-state index < -0.39 is 51.8 Å². The second-order valence-corrected chi connectivity index (χ2v) is 15.1. The average Bonchev–Trinajstić information content (AvgIpc) is 3.09. The number of aliphatic hydroxyl groups is 1. The summed E-state index contributed by atoms with van der Waals surface area (Å²) < 4.78 is 80.3. The van der Waals surface area contributed by atoms with Gasteiger partial charge in [-0.25, -0.2) is 13.2 Å². The number of halogens is 4. The number of likely N-dealkylation sites (N-methyl/N-ethyl adjacent to an activating group) is 1. The third-order valence-electron chi connectivity index (χ3n) is 8.69. The minimum atomic E-state index is -4.51. The molecule has 1 aliphatic rings. The first-order valence-electron chi connectivity index (χ1n) is 16.8. The topological polar surface area (TPSA) is 138 Å². The molecule has 0 unspecified atom stereocenters. The predicted octanol–water partition coefficient (Wildman–Crippen LogP) is 7.12. The number of urea groups is 1. The minimum Gasteiger partial charge on any atom is -0.490 e. The summed E-state index contributed by atoms with van der Waals surface area (Å²) in [6, 6.07) is 12.9. The standard InChI is InChI=1S/C36H44ClF3N4O7S/c1-23-20-44(24(2)22-45)34(46)31-19-29(42-52(48,49)30-15-10-27(37)11-16-30)14-17-32(31)51-25(3)7-5-6-18-50-33(23)21-43(4)35(47)41-28-12-8-26(9-13-28)36(38,39)40/h8-17,19,23-25,33,42,45H,5-7,18,20-22H2,1-4H3,(H,41,47)/t23-,24-,25+,33+/m0/s1. The summed E-state index contributed by atoms with van der Waals surface area (Å²) in [4.78, 5) is 30.2. The van der Waals surface area contributed by atoms with Crippen LogP contribution in [0.25, 0.3) is 0 Å². The summed E-state index contributed by atoms with van der Waals surface area (Å²) in [5.41, 5.74) is -0.455. The third kappa shape index (κ3) is 11.0. The number of hydrogen-bond donors (Lipinski definition) is 3. The second-order valence-electron chi connectivity index (χ2n) is 13.0. The van der Waals surface area contributed by atoms with Gasteiger partial charge in [-0.2, -0.15) is 13.2 Å². The van der Waals surface area contributed by atoms with Crippen LogP contribution in [0, 0.1) is 5.92 Å². The van der Waals surface area contributed by atoms with Gasteiger partial charge in [-0.05, 0) is 99.8 Å². The Kier molecular flexibility index (Phi) is 13.8. The predicted molar refractivity (Wildman–Crippen MR) is 192 cm³/mol. The van der Waals surface area contributed by atoms with Gasteiger partial charge in [0, 0.05) is 49.1 Å². The highest BCUT2D eigenvalue weighted by Gasteiger charge is 2.32.